The van der Waals surface area contributed by atoms with Crippen molar-refractivity contribution in [3.8, 4) is 0 Å². The lowest BCUT2D eigenvalue weighted by Crippen LogP contribution is -2.03. The average Bonchev–Trinajstić information content (AvgIpc) is 2.86. The lowest BCUT2D eigenvalue weighted by molar-refractivity contribution is 0.783. The first kappa shape index (κ1) is 16.3. The number of nitrogens with two attached hydrogens (primary N) is 1. The van der Waals surface area contributed by atoms with Crippen LogP contribution < -0.4 is 5.73 Å². The topological polar surface area (TPSA) is 69.6 Å². The Bertz CT molecular complexity index is 803. The fourth-order valence-corrected chi connectivity index (χ4v) is 3.65. The zero-order valence-electron chi connectivity index (χ0n) is 12.9. The summed E-state index contributed by atoms with van der Waals surface area (Å²) in [5.74, 6) is 1.43. The number of hydrogen-bond donors (Lipinski definition) is 1. The van der Waals surface area contributed by atoms with E-state index in [4.69, 9.17) is 5.73 Å². The van der Waals surface area contributed by atoms with Crippen molar-refractivity contribution in [1.29, 1.82) is 0 Å². The minimum atomic E-state index is 0.432. The van der Waals surface area contributed by atoms with E-state index >= 15 is 0 Å². The van der Waals surface area contributed by atoms with Gasteiger partial charge < -0.3 is 5.73 Å². The Kier molecular flexibility index (Phi) is 5.17. The molecule has 3 aromatic rings. The van der Waals surface area contributed by atoms with E-state index in [1.165, 1.54) is 5.56 Å². The molecule has 0 aliphatic carbocycles. The molecule has 3 rings (SSSR count). The van der Waals surface area contributed by atoms with Crippen LogP contribution >= 0.6 is 27.7 Å². The highest BCUT2D eigenvalue weighted by Gasteiger charge is 2.15. The van der Waals surface area contributed by atoms with Crippen LogP contribution in [0.5, 0.6) is 0 Å². The summed E-state index contributed by atoms with van der Waals surface area (Å²) in [6.45, 7) is 2.86. The van der Waals surface area contributed by atoms with Gasteiger partial charge in [0, 0.05) is 5.75 Å². The lowest BCUT2D eigenvalue weighted by Gasteiger charge is -2.07. The number of benzene rings is 1. The van der Waals surface area contributed by atoms with Gasteiger partial charge in [0.05, 0.1) is 6.54 Å². The molecule has 23 heavy (non-hydrogen) atoms. The number of halogens is 1. The van der Waals surface area contributed by atoms with Gasteiger partial charge in [0.2, 0.25) is 0 Å². The second-order valence-electron chi connectivity index (χ2n) is 5.22. The maximum Gasteiger partial charge on any atom is 0.191 e. The van der Waals surface area contributed by atoms with Crippen LogP contribution in [0.15, 0.2) is 40.2 Å². The molecular formula is C16H18BrN5S. The quantitative estimate of drug-likeness (QED) is 0.296. The molecule has 2 N–H and O–H groups in total. The highest BCUT2D eigenvalue weighted by Crippen LogP contribution is 2.26. The molecule has 0 saturated heterocycles. The number of anilines is 1. The van der Waals surface area contributed by atoms with Gasteiger partial charge in [-0.25, -0.2) is 15.0 Å². The summed E-state index contributed by atoms with van der Waals surface area (Å²) >= 11 is 5.15. The number of aromatic nitrogens is 4. The number of nitrogen functional groups attached to an aromatic ring is 1. The Morgan fingerprint density at radius 3 is 2.70 bits per heavy atom. The Morgan fingerprint density at radius 2 is 1.96 bits per heavy atom. The summed E-state index contributed by atoms with van der Waals surface area (Å²) in [6, 6.07) is 10.2. The van der Waals surface area contributed by atoms with E-state index < -0.39 is 0 Å². The van der Waals surface area contributed by atoms with Crippen LogP contribution in [0, 0.1) is 0 Å². The van der Waals surface area contributed by atoms with Gasteiger partial charge in [0.15, 0.2) is 26.9 Å². The number of unbranched alkanes of at least 4 members (excludes halogenated alkanes) is 1. The van der Waals surface area contributed by atoms with E-state index in [2.05, 4.69) is 49.9 Å². The average molecular weight is 392 g/mol. The van der Waals surface area contributed by atoms with Crippen LogP contribution in [-0.2, 0) is 6.54 Å². The van der Waals surface area contributed by atoms with E-state index in [1.807, 2.05) is 22.8 Å². The maximum absolute atomic E-state index is 6.08. The third kappa shape index (κ3) is 3.67. The van der Waals surface area contributed by atoms with Crippen molar-refractivity contribution in [3.63, 3.8) is 0 Å². The predicted molar refractivity (Wildman–Crippen MR) is 98.6 cm³/mol. The number of thioether (sulfide) groups is 1. The van der Waals surface area contributed by atoms with Gasteiger partial charge in [-0.3, -0.25) is 4.57 Å². The standard InChI is InChI=1S/C16H18BrN5S/c1-2-3-9-23-16-20-13(18)12-14(21-16)22(15(17)19-12)10-11-7-5-4-6-8-11/h4-8H,2-3,9-10H2,1H3,(H2,18,20,21). The zero-order chi connectivity index (χ0) is 16.2. The SMILES string of the molecule is CCCCSc1nc(N)c2nc(Br)n(Cc3ccccc3)c2n1. The minimum absolute atomic E-state index is 0.432. The number of fused-ring (bicyclic) bond motifs is 1. The van der Waals surface area contributed by atoms with Crippen LogP contribution in [0.25, 0.3) is 11.2 Å². The van der Waals surface area contributed by atoms with E-state index in [1.54, 1.807) is 11.8 Å². The van der Waals surface area contributed by atoms with E-state index in [0.717, 1.165) is 24.2 Å². The number of imidazole rings is 1. The van der Waals surface area contributed by atoms with Crippen molar-refractivity contribution >= 4 is 44.7 Å². The summed E-state index contributed by atoms with van der Waals surface area (Å²) in [7, 11) is 0. The van der Waals surface area contributed by atoms with Gasteiger partial charge >= 0.3 is 0 Å². The molecular weight excluding hydrogens is 374 g/mol. The highest BCUT2D eigenvalue weighted by molar-refractivity contribution is 9.10. The molecule has 0 spiro atoms. The lowest BCUT2D eigenvalue weighted by atomic mass is 10.2. The molecule has 2 aromatic heterocycles. The second kappa shape index (κ2) is 7.31. The van der Waals surface area contributed by atoms with Crippen LogP contribution in [0.1, 0.15) is 25.3 Å². The van der Waals surface area contributed by atoms with Gasteiger partial charge in [-0.15, -0.1) is 0 Å². The van der Waals surface area contributed by atoms with Crippen molar-refractivity contribution in [2.24, 2.45) is 0 Å². The Morgan fingerprint density at radius 1 is 1.17 bits per heavy atom. The van der Waals surface area contributed by atoms with Crippen molar-refractivity contribution in [2.45, 2.75) is 31.5 Å². The van der Waals surface area contributed by atoms with Crippen molar-refractivity contribution < 1.29 is 0 Å². The number of nitrogens with zero attached hydrogens (tertiary/aromatic N) is 4. The third-order valence-corrected chi connectivity index (χ3v) is 5.01. The molecule has 2 heterocycles. The first-order valence-electron chi connectivity index (χ1n) is 7.55. The molecule has 0 amide bonds. The molecule has 1 aromatic carbocycles. The van der Waals surface area contributed by atoms with Crippen molar-refractivity contribution in [3.05, 3.63) is 40.6 Å². The largest absolute Gasteiger partial charge is 0.382 e. The Hall–Kier alpha value is -1.60. The Balaban J connectivity index is 1.98. The molecule has 0 fully saturated rings. The monoisotopic (exact) mass is 391 g/mol. The molecule has 0 atom stereocenters. The molecule has 5 nitrogen and oxygen atoms in total. The molecule has 0 unspecified atom stereocenters. The molecule has 7 heteroatoms. The molecule has 0 aliphatic heterocycles. The first-order chi connectivity index (χ1) is 11.2. The van der Waals surface area contributed by atoms with Crippen molar-refractivity contribution in [1.82, 2.24) is 19.5 Å². The second-order valence-corrected chi connectivity index (χ2v) is 6.99. The smallest absolute Gasteiger partial charge is 0.191 e. The highest BCUT2D eigenvalue weighted by atomic mass is 79.9. The van der Waals surface area contributed by atoms with Crippen LogP contribution in [-0.4, -0.2) is 25.3 Å². The first-order valence-corrected chi connectivity index (χ1v) is 9.33. The molecule has 120 valence electrons. The molecule has 0 aliphatic rings. The van der Waals surface area contributed by atoms with Gasteiger partial charge in [0.25, 0.3) is 0 Å². The Labute approximate surface area is 147 Å². The summed E-state index contributed by atoms with van der Waals surface area (Å²) < 4.78 is 2.74. The van der Waals surface area contributed by atoms with Gasteiger partial charge in [-0.05, 0) is 27.9 Å². The van der Waals surface area contributed by atoms with Crippen LogP contribution in [0.3, 0.4) is 0 Å². The molecule has 0 saturated carbocycles. The van der Waals surface area contributed by atoms with Gasteiger partial charge in [-0.2, -0.15) is 0 Å². The molecule has 0 bridgehead atoms. The van der Waals surface area contributed by atoms with E-state index in [-0.39, 0.29) is 0 Å². The zero-order valence-corrected chi connectivity index (χ0v) is 15.3. The number of rotatable bonds is 6. The maximum atomic E-state index is 6.08. The van der Waals surface area contributed by atoms with E-state index in [9.17, 15) is 0 Å². The summed E-state index contributed by atoms with van der Waals surface area (Å²) in [4.78, 5) is 13.5. The number of hydrogen-bond acceptors (Lipinski definition) is 5. The van der Waals surface area contributed by atoms with Crippen LogP contribution in [0.4, 0.5) is 5.82 Å². The molecule has 0 radical (unpaired) electrons. The minimum Gasteiger partial charge on any atom is -0.382 e. The summed E-state index contributed by atoms with van der Waals surface area (Å²) in [6.07, 6.45) is 2.29. The van der Waals surface area contributed by atoms with E-state index in [0.29, 0.717) is 27.8 Å². The van der Waals surface area contributed by atoms with Gasteiger partial charge in [-0.1, -0.05) is 55.4 Å². The normalized spacial score (nSPS) is 11.2. The van der Waals surface area contributed by atoms with Gasteiger partial charge in [0.1, 0.15) is 0 Å². The van der Waals surface area contributed by atoms with Crippen LogP contribution in [0.2, 0.25) is 0 Å². The summed E-state index contributed by atoms with van der Waals surface area (Å²) in [5.41, 5.74) is 8.68. The summed E-state index contributed by atoms with van der Waals surface area (Å²) in [5, 5.41) is 0.713. The fourth-order valence-electron chi connectivity index (χ4n) is 2.25. The third-order valence-electron chi connectivity index (χ3n) is 3.47. The fraction of sp³-hybridized carbons (Fsp3) is 0.312. The predicted octanol–water partition coefficient (Wildman–Crippen LogP) is 4.11. The van der Waals surface area contributed by atoms with Crippen molar-refractivity contribution in [2.75, 3.05) is 11.5 Å².